The highest BCUT2D eigenvalue weighted by Crippen LogP contribution is 2.26. The van der Waals surface area contributed by atoms with Crippen LogP contribution < -0.4 is 20.7 Å². The number of rotatable bonds is 11. The van der Waals surface area contributed by atoms with Gasteiger partial charge in [0.25, 0.3) is 5.91 Å². The van der Waals surface area contributed by atoms with E-state index in [-0.39, 0.29) is 18.6 Å². The quantitative estimate of drug-likeness (QED) is 0.240. The Morgan fingerprint density at radius 1 is 0.932 bits per heavy atom. The number of para-hydroxylation sites is 2. The second-order valence-electron chi connectivity index (χ2n) is 10.9. The summed E-state index contributed by atoms with van der Waals surface area (Å²) in [6.45, 7) is 1.73. The minimum Gasteiger partial charge on any atom is -0.492 e. The number of nitrogens with one attached hydrogen (secondary N) is 1. The van der Waals surface area contributed by atoms with Crippen molar-refractivity contribution in [1.29, 1.82) is 0 Å². The Labute approximate surface area is 258 Å². The normalized spacial score (nSPS) is 17.0. The Balaban J connectivity index is 1.21. The summed E-state index contributed by atoms with van der Waals surface area (Å²) < 4.78 is 17.0. The van der Waals surface area contributed by atoms with E-state index < -0.39 is 18.0 Å². The summed E-state index contributed by atoms with van der Waals surface area (Å²) in [5, 5.41) is 3.51. The first-order valence-corrected chi connectivity index (χ1v) is 14.9. The van der Waals surface area contributed by atoms with Gasteiger partial charge in [-0.15, -0.1) is 0 Å². The molecule has 1 aliphatic heterocycles. The Kier molecular flexibility index (Phi) is 10.8. The van der Waals surface area contributed by atoms with Gasteiger partial charge in [-0.05, 0) is 59.7 Å². The molecule has 0 spiro atoms. The largest absolute Gasteiger partial charge is 0.492 e. The van der Waals surface area contributed by atoms with Crippen molar-refractivity contribution in [3.8, 4) is 16.9 Å². The number of carbonyl (C=O) groups excluding carboxylic acids is 2. The smallest absolute Gasteiger partial charge is 0.420 e. The number of hydrogen-bond acceptors (Lipinski definition) is 7. The van der Waals surface area contributed by atoms with Crippen LogP contribution in [0.25, 0.3) is 11.1 Å². The number of amides is 2. The zero-order valence-electron chi connectivity index (χ0n) is 24.9. The molecule has 2 amide bonds. The van der Waals surface area contributed by atoms with Crippen LogP contribution in [0.15, 0.2) is 109 Å². The lowest BCUT2D eigenvalue weighted by Gasteiger charge is -2.31. The SMILES string of the molecule is COC(=O)N(C(=O)[C@@H](N)Cc1cccc(-c2ccccc2)c1)c1ccccc1CC[C@@H]1CN[C@H](COc2ccccc2)CO1. The number of hydrogen-bond donors (Lipinski definition) is 2. The lowest BCUT2D eigenvalue weighted by molar-refractivity contribution is -0.119. The summed E-state index contributed by atoms with van der Waals surface area (Å²) in [6, 6.07) is 34.2. The van der Waals surface area contributed by atoms with Gasteiger partial charge in [-0.3, -0.25) is 4.79 Å². The zero-order chi connectivity index (χ0) is 30.7. The van der Waals surface area contributed by atoms with E-state index in [0.717, 1.165) is 32.9 Å². The van der Waals surface area contributed by atoms with Crippen LogP contribution in [-0.2, 0) is 27.1 Å². The van der Waals surface area contributed by atoms with Gasteiger partial charge < -0.3 is 25.3 Å². The van der Waals surface area contributed by atoms with Gasteiger partial charge in [0.2, 0.25) is 0 Å². The van der Waals surface area contributed by atoms with Crippen molar-refractivity contribution in [2.24, 2.45) is 5.73 Å². The van der Waals surface area contributed by atoms with E-state index in [1.165, 1.54) is 7.11 Å². The van der Waals surface area contributed by atoms with E-state index in [4.69, 9.17) is 19.9 Å². The number of benzene rings is 4. The molecule has 5 rings (SSSR count). The molecule has 0 bridgehead atoms. The molecule has 1 saturated heterocycles. The molecule has 1 aliphatic rings. The van der Waals surface area contributed by atoms with Crippen LogP contribution in [0, 0.1) is 0 Å². The second-order valence-corrected chi connectivity index (χ2v) is 10.9. The highest BCUT2D eigenvalue weighted by molar-refractivity contribution is 6.14. The van der Waals surface area contributed by atoms with Crippen LogP contribution in [0.1, 0.15) is 17.5 Å². The van der Waals surface area contributed by atoms with E-state index in [0.29, 0.717) is 38.3 Å². The minimum absolute atomic E-state index is 0.0162. The second kappa shape index (κ2) is 15.3. The average Bonchev–Trinajstić information content (AvgIpc) is 3.08. The van der Waals surface area contributed by atoms with E-state index >= 15 is 0 Å². The predicted octanol–water partition coefficient (Wildman–Crippen LogP) is 5.39. The molecule has 3 atom stereocenters. The summed E-state index contributed by atoms with van der Waals surface area (Å²) in [4.78, 5) is 27.8. The van der Waals surface area contributed by atoms with Crippen molar-refractivity contribution >= 4 is 17.7 Å². The molecule has 4 aromatic rings. The molecule has 228 valence electrons. The molecule has 8 heteroatoms. The lowest BCUT2D eigenvalue weighted by Crippen LogP contribution is -2.49. The summed E-state index contributed by atoms with van der Waals surface area (Å²) in [6.07, 6.45) is 0.789. The van der Waals surface area contributed by atoms with Gasteiger partial charge >= 0.3 is 6.09 Å². The number of nitrogens with two attached hydrogens (primary N) is 1. The fourth-order valence-corrected chi connectivity index (χ4v) is 5.34. The summed E-state index contributed by atoms with van der Waals surface area (Å²) in [5.41, 5.74) is 10.8. The van der Waals surface area contributed by atoms with Crippen molar-refractivity contribution in [2.45, 2.75) is 37.5 Å². The van der Waals surface area contributed by atoms with Gasteiger partial charge in [0.05, 0.1) is 37.6 Å². The molecule has 1 fully saturated rings. The molecule has 0 aromatic heterocycles. The summed E-state index contributed by atoms with van der Waals surface area (Å²) in [5.74, 6) is 0.310. The standard InChI is InChI=1S/C36H39N3O5/c1-42-36(41)39(35(40)33(37)22-26-11-10-15-29(21-26)27-12-4-2-5-13-27)34-18-9-8-14-28(34)19-20-32-23-38-30(25-44-32)24-43-31-16-6-3-7-17-31/h2-18,21,30,32-33,38H,19-20,22-25,37H2,1H3/t30-,32-,33+/m1/s1. The van der Waals surface area contributed by atoms with Gasteiger partial charge in [-0.1, -0.05) is 91.0 Å². The number of aryl methyl sites for hydroxylation is 1. The van der Waals surface area contributed by atoms with E-state index in [1.807, 2.05) is 97.1 Å². The average molecular weight is 594 g/mol. The summed E-state index contributed by atoms with van der Waals surface area (Å²) >= 11 is 0. The third-order valence-electron chi connectivity index (χ3n) is 7.71. The molecule has 0 unspecified atom stereocenters. The Bertz CT molecular complexity index is 1510. The maximum absolute atomic E-state index is 13.7. The van der Waals surface area contributed by atoms with E-state index in [1.54, 1.807) is 12.1 Å². The molecule has 44 heavy (non-hydrogen) atoms. The molecule has 8 nitrogen and oxygen atoms in total. The van der Waals surface area contributed by atoms with Crippen LogP contribution in [0.5, 0.6) is 5.75 Å². The third-order valence-corrected chi connectivity index (χ3v) is 7.71. The monoisotopic (exact) mass is 593 g/mol. The Morgan fingerprint density at radius 2 is 1.64 bits per heavy atom. The molecule has 0 radical (unpaired) electrons. The molecule has 0 saturated carbocycles. The molecule has 4 aromatic carbocycles. The van der Waals surface area contributed by atoms with Crippen LogP contribution in [0.2, 0.25) is 0 Å². The first-order valence-electron chi connectivity index (χ1n) is 14.9. The van der Waals surface area contributed by atoms with E-state index in [2.05, 4.69) is 5.32 Å². The van der Waals surface area contributed by atoms with Crippen LogP contribution in [0.4, 0.5) is 10.5 Å². The Hall–Kier alpha value is -4.50. The summed E-state index contributed by atoms with van der Waals surface area (Å²) in [7, 11) is 1.26. The van der Waals surface area contributed by atoms with Crippen LogP contribution >= 0.6 is 0 Å². The number of imide groups is 1. The number of carbonyl (C=O) groups is 2. The molecule has 0 aliphatic carbocycles. The zero-order valence-corrected chi connectivity index (χ0v) is 24.9. The molecular formula is C36H39N3O5. The minimum atomic E-state index is -0.950. The van der Waals surface area contributed by atoms with Crippen LogP contribution in [-0.4, -0.2) is 57.1 Å². The lowest BCUT2D eigenvalue weighted by atomic mass is 9.98. The first kappa shape index (κ1) is 30.9. The number of ether oxygens (including phenoxy) is 3. The molecular weight excluding hydrogens is 554 g/mol. The number of anilines is 1. The van der Waals surface area contributed by atoms with Crippen molar-refractivity contribution < 1.29 is 23.8 Å². The van der Waals surface area contributed by atoms with Crippen molar-refractivity contribution in [1.82, 2.24) is 5.32 Å². The van der Waals surface area contributed by atoms with Gasteiger partial charge in [0, 0.05) is 6.54 Å². The fraction of sp³-hybridized carbons (Fsp3) is 0.278. The van der Waals surface area contributed by atoms with Gasteiger partial charge in [0.1, 0.15) is 12.4 Å². The maximum Gasteiger partial charge on any atom is 0.420 e. The predicted molar refractivity (Wildman–Crippen MR) is 172 cm³/mol. The highest BCUT2D eigenvalue weighted by atomic mass is 16.5. The van der Waals surface area contributed by atoms with Gasteiger partial charge in [0.15, 0.2) is 0 Å². The van der Waals surface area contributed by atoms with Crippen molar-refractivity contribution in [3.05, 3.63) is 120 Å². The van der Waals surface area contributed by atoms with Gasteiger partial charge in [-0.25, -0.2) is 9.69 Å². The van der Waals surface area contributed by atoms with Gasteiger partial charge in [-0.2, -0.15) is 0 Å². The highest BCUT2D eigenvalue weighted by Gasteiger charge is 2.31. The molecule has 1 heterocycles. The van der Waals surface area contributed by atoms with Crippen LogP contribution in [0.3, 0.4) is 0 Å². The topological polar surface area (TPSA) is 103 Å². The number of morpholine rings is 1. The molecule has 3 N–H and O–H groups in total. The first-order chi connectivity index (χ1) is 21.5. The number of methoxy groups -OCH3 is 1. The Morgan fingerprint density at radius 3 is 2.36 bits per heavy atom. The van der Waals surface area contributed by atoms with Crippen molar-refractivity contribution in [3.63, 3.8) is 0 Å². The maximum atomic E-state index is 13.7. The fourth-order valence-electron chi connectivity index (χ4n) is 5.34. The van der Waals surface area contributed by atoms with E-state index in [9.17, 15) is 9.59 Å². The number of nitrogens with zero attached hydrogens (tertiary/aromatic N) is 1. The van der Waals surface area contributed by atoms with Crippen molar-refractivity contribution in [2.75, 3.05) is 31.8 Å². The third kappa shape index (κ3) is 8.11.